The highest BCUT2D eigenvalue weighted by Crippen LogP contribution is 2.30. The van der Waals surface area contributed by atoms with Crippen LogP contribution in [0.25, 0.3) is 11.0 Å². The second-order valence-electron chi connectivity index (χ2n) is 8.85. The van der Waals surface area contributed by atoms with E-state index in [4.69, 9.17) is 4.74 Å². The Hall–Kier alpha value is -2.85. The van der Waals surface area contributed by atoms with Gasteiger partial charge in [-0.25, -0.2) is 23.1 Å². The summed E-state index contributed by atoms with van der Waals surface area (Å²) >= 11 is 0. The molecule has 1 unspecified atom stereocenters. The van der Waals surface area contributed by atoms with Crippen LogP contribution in [0.2, 0.25) is 0 Å². The molecule has 2 aromatic heterocycles. The van der Waals surface area contributed by atoms with Gasteiger partial charge in [-0.2, -0.15) is 0 Å². The number of aromatic nitrogens is 3. The molecule has 1 saturated carbocycles. The maximum absolute atomic E-state index is 14.3. The van der Waals surface area contributed by atoms with Crippen LogP contribution in [-0.4, -0.2) is 45.0 Å². The number of imidazole rings is 1. The summed E-state index contributed by atoms with van der Waals surface area (Å²) in [6.07, 6.45) is 5.48. The molecule has 10 heteroatoms. The fourth-order valence-corrected chi connectivity index (χ4v) is 4.58. The minimum atomic E-state index is -1.03. The van der Waals surface area contributed by atoms with Crippen LogP contribution in [0, 0.1) is 23.4 Å². The number of aliphatic hydroxyl groups excluding tert-OH is 1. The average Bonchev–Trinajstić information content (AvgIpc) is 3.41. The SMILES string of the molecule is OC1CCC(Nc2cc3c(cn2)nc(Nc2c(F)cc(F)cc2F)n3CC2CCOC2)CC1. The summed E-state index contributed by atoms with van der Waals surface area (Å²) in [4.78, 5) is 8.97. The molecule has 1 aliphatic carbocycles. The van der Waals surface area contributed by atoms with Crippen molar-refractivity contribution >= 4 is 28.5 Å². The van der Waals surface area contributed by atoms with Crippen LogP contribution < -0.4 is 10.6 Å². The standard InChI is InChI=1S/C23H26F3N5O2/c24-14-7-17(25)22(18(26)8-14)30-23-29-19-10-27-21(28-15-1-3-16(32)4-2-15)9-20(19)31(23)11-13-5-6-33-12-13/h7-10,13,15-16,32H,1-6,11-12H2,(H,27,28)(H,29,30). The summed E-state index contributed by atoms with van der Waals surface area (Å²) in [5.41, 5.74) is 0.882. The molecular formula is C23H26F3N5O2. The Morgan fingerprint density at radius 2 is 1.82 bits per heavy atom. The fraction of sp³-hybridized carbons (Fsp3) is 0.478. The molecule has 0 radical (unpaired) electrons. The molecule has 33 heavy (non-hydrogen) atoms. The molecule has 0 amide bonds. The first kappa shape index (κ1) is 22.0. The van der Waals surface area contributed by atoms with Crippen LogP contribution in [0.4, 0.5) is 30.6 Å². The van der Waals surface area contributed by atoms with Crippen LogP contribution in [0.1, 0.15) is 32.1 Å². The Balaban J connectivity index is 1.48. The van der Waals surface area contributed by atoms with Crippen LogP contribution in [0.15, 0.2) is 24.4 Å². The molecule has 7 nitrogen and oxygen atoms in total. The molecule has 1 aromatic carbocycles. The van der Waals surface area contributed by atoms with E-state index in [1.165, 1.54) is 0 Å². The number of rotatable bonds is 6. The van der Waals surface area contributed by atoms with E-state index in [2.05, 4.69) is 20.6 Å². The summed E-state index contributed by atoms with van der Waals surface area (Å²) in [6.45, 7) is 1.81. The lowest BCUT2D eigenvalue weighted by molar-refractivity contribution is 0.126. The molecule has 5 rings (SSSR count). The molecule has 1 saturated heterocycles. The molecule has 3 N–H and O–H groups in total. The number of hydrogen-bond donors (Lipinski definition) is 3. The van der Waals surface area contributed by atoms with E-state index < -0.39 is 23.1 Å². The number of halogens is 3. The Morgan fingerprint density at radius 1 is 1.06 bits per heavy atom. The largest absolute Gasteiger partial charge is 0.393 e. The maximum atomic E-state index is 14.3. The molecule has 1 atom stereocenters. The Bertz CT molecular complexity index is 1120. The minimum Gasteiger partial charge on any atom is -0.393 e. The Labute approximate surface area is 189 Å². The number of hydrogen-bond acceptors (Lipinski definition) is 6. The molecule has 1 aliphatic heterocycles. The number of ether oxygens (including phenoxy) is 1. The lowest BCUT2D eigenvalue weighted by Crippen LogP contribution is -2.28. The van der Waals surface area contributed by atoms with Gasteiger partial charge < -0.3 is 25.0 Å². The van der Waals surface area contributed by atoms with Crippen LogP contribution in [0.5, 0.6) is 0 Å². The molecule has 2 aliphatic rings. The number of fused-ring (bicyclic) bond motifs is 1. The predicted octanol–water partition coefficient (Wildman–Crippen LogP) is 4.34. The third-order valence-corrected chi connectivity index (χ3v) is 6.39. The van der Waals surface area contributed by atoms with E-state index in [1.807, 2.05) is 10.6 Å². The van der Waals surface area contributed by atoms with Gasteiger partial charge in [-0.05, 0) is 32.1 Å². The zero-order valence-electron chi connectivity index (χ0n) is 18.0. The molecule has 0 bridgehead atoms. The number of nitrogens with one attached hydrogen (secondary N) is 2. The van der Waals surface area contributed by atoms with Crippen molar-refractivity contribution in [1.82, 2.24) is 14.5 Å². The number of aliphatic hydroxyl groups is 1. The van der Waals surface area contributed by atoms with Crippen molar-refractivity contribution in [1.29, 1.82) is 0 Å². The average molecular weight is 461 g/mol. The third-order valence-electron chi connectivity index (χ3n) is 6.39. The predicted molar refractivity (Wildman–Crippen MR) is 118 cm³/mol. The molecule has 3 aromatic rings. The van der Waals surface area contributed by atoms with Gasteiger partial charge in [0.05, 0.1) is 24.4 Å². The minimum absolute atomic E-state index is 0.220. The monoisotopic (exact) mass is 461 g/mol. The maximum Gasteiger partial charge on any atom is 0.208 e. The van der Waals surface area contributed by atoms with E-state index in [-0.39, 0.29) is 24.0 Å². The van der Waals surface area contributed by atoms with Crippen LogP contribution in [0.3, 0.4) is 0 Å². The first-order valence-electron chi connectivity index (χ1n) is 11.3. The van der Waals surface area contributed by atoms with Crippen LogP contribution in [-0.2, 0) is 11.3 Å². The summed E-state index contributed by atoms with van der Waals surface area (Å²) < 4.78 is 49.3. The highest BCUT2D eigenvalue weighted by atomic mass is 19.1. The Morgan fingerprint density at radius 3 is 2.52 bits per heavy atom. The van der Waals surface area contributed by atoms with E-state index in [0.29, 0.717) is 43.2 Å². The van der Waals surface area contributed by atoms with Gasteiger partial charge >= 0.3 is 0 Å². The molecule has 2 fully saturated rings. The van der Waals surface area contributed by atoms with Crippen LogP contribution >= 0.6 is 0 Å². The number of pyridine rings is 1. The lowest BCUT2D eigenvalue weighted by atomic mass is 9.93. The number of benzene rings is 1. The van der Waals surface area contributed by atoms with Gasteiger partial charge in [0.25, 0.3) is 0 Å². The third kappa shape index (κ3) is 4.77. The Kier molecular flexibility index (Phi) is 6.11. The summed E-state index contributed by atoms with van der Waals surface area (Å²) in [7, 11) is 0. The van der Waals surface area contributed by atoms with E-state index in [9.17, 15) is 18.3 Å². The number of nitrogens with zero attached hydrogens (tertiary/aromatic N) is 3. The second-order valence-corrected chi connectivity index (χ2v) is 8.85. The smallest absolute Gasteiger partial charge is 0.208 e. The summed E-state index contributed by atoms with van der Waals surface area (Å²) in [5, 5.41) is 15.9. The molecule has 3 heterocycles. The zero-order chi connectivity index (χ0) is 22.9. The van der Waals surface area contributed by atoms with Gasteiger partial charge in [-0.3, -0.25) is 0 Å². The second kappa shape index (κ2) is 9.18. The first-order valence-corrected chi connectivity index (χ1v) is 11.3. The van der Waals surface area contributed by atoms with Crippen molar-refractivity contribution in [3.05, 3.63) is 41.8 Å². The number of anilines is 3. The van der Waals surface area contributed by atoms with Gasteiger partial charge in [-0.15, -0.1) is 0 Å². The molecule has 176 valence electrons. The lowest BCUT2D eigenvalue weighted by Gasteiger charge is -2.26. The van der Waals surface area contributed by atoms with E-state index in [0.717, 1.165) is 37.6 Å². The fourth-order valence-electron chi connectivity index (χ4n) is 4.58. The summed E-state index contributed by atoms with van der Waals surface area (Å²) in [6, 6.07) is 3.37. The van der Waals surface area contributed by atoms with Gasteiger partial charge in [0.1, 0.15) is 22.8 Å². The molecule has 0 spiro atoms. The van der Waals surface area contributed by atoms with Crippen molar-refractivity contribution in [3.8, 4) is 0 Å². The van der Waals surface area contributed by atoms with Gasteiger partial charge in [0.2, 0.25) is 5.95 Å². The summed E-state index contributed by atoms with van der Waals surface area (Å²) in [5.74, 6) is -1.89. The topological polar surface area (TPSA) is 84.2 Å². The molecular weight excluding hydrogens is 435 g/mol. The highest BCUT2D eigenvalue weighted by Gasteiger charge is 2.23. The normalized spacial score (nSPS) is 23.2. The first-order chi connectivity index (χ1) is 16.0. The van der Waals surface area contributed by atoms with E-state index in [1.54, 1.807) is 6.20 Å². The van der Waals surface area contributed by atoms with Crippen molar-refractivity contribution < 1.29 is 23.0 Å². The van der Waals surface area contributed by atoms with Gasteiger partial charge in [0, 0.05) is 43.3 Å². The van der Waals surface area contributed by atoms with Crippen molar-refractivity contribution in [2.24, 2.45) is 5.92 Å². The highest BCUT2D eigenvalue weighted by molar-refractivity contribution is 5.81. The quantitative estimate of drug-likeness (QED) is 0.506. The van der Waals surface area contributed by atoms with E-state index >= 15 is 0 Å². The van der Waals surface area contributed by atoms with Crippen molar-refractivity contribution in [2.45, 2.75) is 50.8 Å². The zero-order valence-corrected chi connectivity index (χ0v) is 18.0. The van der Waals surface area contributed by atoms with Crippen molar-refractivity contribution in [2.75, 3.05) is 23.8 Å². The van der Waals surface area contributed by atoms with Crippen molar-refractivity contribution in [3.63, 3.8) is 0 Å². The van der Waals surface area contributed by atoms with Gasteiger partial charge in [0.15, 0.2) is 11.6 Å². The van der Waals surface area contributed by atoms with Gasteiger partial charge in [-0.1, -0.05) is 0 Å².